The van der Waals surface area contributed by atoms with Crippen LogP contribution in [0.5, 0.6) is 0 Å². The van der Waals surface area contributed by atoms with Crippen LogP contribution in [0.2, 0.25) is 0 Å². The van der Waals surface area contributed by atoms with E-state index in [1.807, 2.05) is 62.4 Å². The fraction of sp³-hybridized carbons (Fsp3) is 0.375. The van der Waals surface area contributed by atoms with Gasteiger partial charge in [-0.15, -0.1) is 0 Å². The van der Waals surface area contributed by atoms with Crippen LogP contribution in [0.4, 0.5) is 10.5 Å². The van der Waals surface area contributed by atoms with E-state index in [0.29, 0.717) is 19.5 Å². The smallest absolute Gasteiger partial charge is 0.325 e. The van der Waals surface area contributed by atoms with Crippen molar-refractivity contribution < 1.29 is 14.4 Å². The summed E-state index contributed by atoms with van der Waals surface area (Å²) in [5, 5.41) is 5.63. The molecule has 3 rings (SSSR count). The molecule has 0 aliphatic carbocycles. The van der Waals surface area contributed by atoms with Gasteiger partial charge in [0.2, 0.25) is 5.91 Å². The van der Waals surface area contributed by atoms with Gasteiger partial charge < -0.3 is 15.5 Å². The Hall–Kier alpha value is -3.35. The van der Waals surface area contributed by atoms with Gasteiger partial charge in [-0.2, -0.15) is 0 Å². The lowest BCUT2D eigenvalue weighted by molar-refractivity contribution is -0.135. The number of carbonyl (C=O) groups is 3. The molecule has 2 aromatic carbocycles. The molecule has 0 spiro atoms. The van der Waals surface area contributed by atoms with E-state index < -0.39 is 17.5 Å². The Morgan fingerprint density at radius 1 is 1.10 bits per heavy atom. The minimum absolute atomic E-state index is 0.296. The maximum atomic E-state index is 13.1. The Morgan fingerprint density at radius 3 is 2.48 bits per heavy atom. The number of amides is 4. The number of carbonyl (C=O) groups excluding carboxylic acids is 3. The summed E-state index contributed by atoms with van der Waals surface area (Å²) in [7, 11) is 0. The van der Waals surface area contributed by atoms with E-state index in [-0.39, 0.29) is 12.5 Å². The van der Waals surface area contributed by atoms with E-state index >= 15 is 0 Å². The fourth-order valence-electron chi connectivity index (χ4n) is 3.96. The zero-order chi connectivity index (χ0) is 22.4. The van der Waals surface area contributed by atoms with Gasteiger partial charge in [-0.05, 0) is 43.5 Å². The van der Waals surface area contributed by atoms with E-state index in [0.717, 1.165) is 22.7 Å². The lowest BCUT2D eigenvalue weighted by atomic mass is 9.87. The summed E-state index contributed by atoms with van der Waals surface area (Å²) >= 11 is 0. The van der Waals surface area contributed by atoms with Gasteiger partial charge in [-0.25, -0.2) is 4.79 Å². The highest BCUT2D eigenvalue weighted by atomic mass is 16.2. The molecule has 2 aromatic rings. The maximum Gasteiger partial charge on any atom is 0.325 e. The standard InChI is InChI=1S/C24H30N4O3/c1-4-24(19-11-7-6-8-12-19)22(30)28(23(31)26-24)17-21(29)25-14-15-27(5-2)20-13-9-10-18(3)16-20/h6-13,16H,4-5,14-15,17H2,1-3H3,(H,25,29)(H,26,31). The van der Waals surface area contributed by atoms with Crippen molar-refractivity contribution in [2.45, 2.75) is 32.7 Å². The van der Waals surface area contributed by atoms with Crippen LogP contribution in [0.1, 0.15) is 31.4 Å². The van der Waals surface area contributed by atoms with Crippen LogP contribution in [0, 0.1) is 6.92 Å². The van der Waals surface area contributed by atoms with Gasteiger partial charge in [-0.3, -0.25) is 14.5 Å². The Balaban J connectivity index is 1.59. The Labute approximate surface area is 183 Å². The quantitative estimate of drug-likeness (QED) is 0.609. The number of anilines is 1. The van der Waals surface area contributed by atoms with Gasteiger partial charge in [0.25, 0.3) is 5.91 Å². The molecule has 31 heavy (non-hydrogen) atoms. The molecule has 7 nitrogen and oxygen atoms in total. The zero-order valence-electron chi connectivity index (χ0n) is 18.4. The van der Waals surface area contributed by atoms with Crippen molar-refractivity contribution in [1.82, 2.24) is 15.5 Å². The van der Waals surface area contributed by atoms with E-state index in [9.17, 15) is 14.4 Å². The number of nitrogens with zero attached hydrogens (tertiary/aromatic N) is 2. The molecule has 2 N–H and O–H groups in total. The second-order valence-corrected chi connectivity index (χ2v) is 7.71. The molecule has 1 aliphatic rings. The number of imide groups is 1. The number of hydrogen-bond acceptors (Lipinski definition) is 4. The number of urea groups is 1. The first-order valence-electron chi connectivity index (χ1n) is 10.7. The van der Waals surface area contributed by atoms with Crippen molar-refractivity contribution in [1.29, 1.82) is 0 Å². The highest BCUT2D eigenvalue weighted by molar-refractivity contribution is 6.09. The van der Waals surface area contributed by atoms with Crippen LogP contribution in [0.15, 0.2) is 54.6 Å². The summed E-state index contributed by atoms with van der Waals surface area (Å²) in [5.74, 6) is -0.750. The summed E-state index contributed by atoms with van der Waals surface area (Å²) < 4.78 is 0. The lowest BCUT2D eigenvalue weighted by Crippen LogP contribution is -2.45. The molecule has 4 amide bonds. The van der Waals surface area contributed by atoms with E-state index in [1.54, 1.807) is 0 Å². The number of benzene rings is 2. The molecular formula is C24H30N4O3. The third-order valence-corrected chi connectivity index (χ3v) is 5.73. The highest BCUT2D eigenvalue weighted by Crippen LogP contribution is 2.32. The van der Waals surface area contributed by atoms with Crippen LogP contribution in [0.3, 0.4) is 0 Å². The monoisotopic (exact) mass is 422 g/mol. The lowest BCUT2D eigenvalue weighted by Gasteiger charge is -2.26. The van der Waals surface area contributed by atoms with E-state index in [2.05, 4.69) is 28.5 Å². The van der Waals surface area contributed by atoms with Crippen molar-refractivity contribution in [3.05, 3.63) is 65.7 Å². The number of hydrogen-bond donors (Lipinski definition) is 2. The van der Waals surface area contributed by atoms with Crippen LogP contribution >= 0.6 is 0 Å². The Kier molecular flexibility index (Phi) is 6.95. The predicted octanol–water partition coefficient (Wildman–Crippen LogP) is 2.79. The first-order chi connectivity index (χ1) is 14.9. The first-order valence-corrected chi connectivity index (χ1v) is 10.7. The van der Waals surface area contributed by atoms with Crippen molar-refractivity contribution in [3.63, 3.8) is 0 Å². The predicted molar refractivity (Wildman–Crippen MR) is 121 cm³/mol. The van der Waals surface area contributed by atoms with Gasteiger partial charge in [0.15, 0.2) is 0 Å². The van der Waals surface area contributed by atoms with Crippen LogP contribution < -0.4 is 15.5 Å². The molecule has 1 aliphatic heterocycles. The molecular weight excluding hydrogens is 392 g/mol. The van der Waals surface area contributed by atoms with Crippen LogP contribution in [0.25, 0.3) is 0 Å². The summed E-state index contributed by atoms with van der Waals surface area (Å²) in [6.07, 6.45) is 0.404. The van der Waals surface area contributed by atoms with Gasteiger partial charge >= 0.3 is 6.03 Å². The van der Waals surface area contributed by atoms with Gasteiger partial charge in [-0.1, -0.05) is 49.4 Å². The molecule has 1 atom stereocenters. The number of aryl methyl sites for hydroxylation is 1. The third-order valence-electron chi connectivity index (χ3n) is 5.73. The summed E-state index contributed by atoms with van der Waals surface area (Å²) in [5.41, 5.74) is 1.87. The van der Waals surface area contributed by atoms with Crippen molar-refractivity contribution in [2.24, 2.45) is 0 Å². The molecule has 0 bridgehead atoms. The summed E-state index contributed by atoms with van der Waals surface area (Å²) in [4.78, 5) is 41.3. The molecule has 1 saturated heterocycles. The highest BCUT2D eigenvalue weighted by Gasteiger charge is 2.51. The van der Waals surface area contributed by atoms with E-state index in [4.69, 9.17) is 0 Å². The first kappa shape index (κ1) is 22.3. The van der Waals surface area contributed by atoms with Gasteiger partial charge in [0.1, 0.15) is 12.1 Å². The number of nitrogens with one attached hydrogen (secondary N) is 2. The second kappa shape index (κ2) is 9.64. The topological polar surface area (TPSA) is 81.8 Å². The van der Waals surface area contributed by atoms with Crippen LogP contribution in [-0.4, -0.2) is 48.9 Å². The molecule has 1 unspecified atom stereocenters. The molecule has 164 valence electrons. The number of rotatable bonds is 9. The molecule has 1 fully saturated rings. The normalized spacial score (nSPS) is 18.1. The Bertz CT molecular complexity index is 947. The summed E-state index contributed by atoms with van der Waals surface area (Å²) in [6, 6.07) is 16.8. The third kappa shape index (κ3) is 4.71. The van der Waals surface area contributed by atoms with Crippen molar-refractivity contribution in [3.8, 4) is 0 Å². The minimum atomic E-state index is -1.12. The van der Waals surface area contributed by atoms with Crippen molar-refractivity contribution >= 4 is 23.5 Å². The molecule has 1 heterocycles. The average molecular weight is 423 g/mol. The molecule has 0 aromatic heterocycles. The molecule has 7 heteroatoms. The van der Waals surface area contributed by atoms with Crippen LogP contribution in [-0.2, 0) is 15.1 Å². The summed E-state index contributed by atoms with van der Waals surface area (Å²) in [6.45, 7) is 7.52. The van der Waals surface area contributed by atoms with Gasteiger partial charge in [0, 0.05) is 25.3 Å². The van der Waals surface area contributed by atoms with Gasteiger partial charge in [0.05, 0.1) is 0 Å². The minimum Gasteiger partial charge on any atom is -0.370 e. The number of likely N-dealkylation sites (N-methyl/N-ethyl adjacent to an activating group) is 1. The SMILES string of the molecule is CCN(CCNC(=O)CN1C(=O)NC(CC)(c2ccccc2)C1=O)c1cccc(C)c1. The second-order valence-electron chi connectivity index (χ2n) is 7.71. The molecule has 0 saturated carbocycles. The van der Waals surface area contributed by atoms with Crippen molar-refractivity contribution in [2.75, 3.05) is 31.1 Å². The fourth-order valence-corrected chi connectivity index (χ4v) is 3.96. The largest absolute Gasteiger partial charge is 0.370 e. The Morgan fingerprint density at radius 2 is 1.84 bits per heavy atom. The zero-order valence-corrected chi connectivity index (χ0v) is 18.4. The van der Waals surface area contributed by atoms with E-state index in [1.165, 1.54) is 5.56 Å². The molecule has 0 radical (unpaired) electrons. The maximum absolute atomic E-state index is 13.1. The average Bonchev–Trinajstić information content (AvgIpc) is 3.02.